The van der Waals surface area contributed by atoms with Crippen LogP contribution in [-0.4, -0.2) is 28.1 Å². The van der Waals surface area contributed by atoms with Gasteiger partial charge >= 0.3 is 0 Å². The highest BCUT2D eigenvalue weighted by molar-refractivity contribution is 7.89. The monoisotopic (exact) mass is 264 g/mol. The Labute approximate surface area is 96.7 Å². The molecule has 90 valence electrons. The average Bonchev–Trinajstić information content (AvgIpc) is 2.26. The first-order valence-corrected chi connectivity index (χ1v) is 6.98. The van der Waals surface area contributed by atoms with Gasteiger partial charge in [-0.3, -0.25) is 4.55 Å². The van der Waals surface area contributed by atoms with Crippen LogP contribution in [0.3, 0.4) is 0 Å². The highest BCUT2D eigenvalue weighted by atomic mass is 32.2. The largest absolute Gasteiger partial charge is 0.293 e. The van der Waals surface area contributed by atoms with E-state index in [1.54, 1.807) is 25.1 Å². The van der Waals surface area contributed by atoms with Crippen molar-refractivity contribution in [2.75, 3.05) is 6.54 Å². The van der Waals surface area contributed by atoms with E-state index >= 15 is 0 Å². The molecule has 0 aliphatic carbocycles. The maximum atomic E-state index is 11.9. The van der Waals surface area contributed by atoms with Crippen LogP contribution in [0, 0.1) is 0 Å². The first-order valence-electron chi connectivity index (χ1n) is 4.43. The van der Waals surface area contributed by atoms with Crippen molar-refractivity contribution in [3.63, 3.8) is 0 Å². The molecule has 0 saturated heterocycles. The van der Waals surface area contributed by atoms with E-state index in [1.165, 1.54) is 12.1 Å². The van der Waals surface area contributed by atoms with Gasteiger partial charge in [0.15, 0.2) is 0 Å². The van der Waals surface area contributed by atoms with E-state index in [0.29, 0.717) is 0 Å². The summed E-state index contributed by atoms with van der Waals surface area (Å²) in [6.07, 6.45) is 0. The van der Waals surface area contributed by atoms with Crippen LogP contribution in [0.5, 0.6) is 0 Å². The Hall–Kier alpha value is -0.800. The van der Waals surface area contributed by atoms with Crippen molar-refractivity contribution in [2.45, 2.75) is 11.8 Å². The zero-order valence-corrected chi connectivity index (χ0v) is 10.2. The summed E-state index contributed by atoms with van der Waals surface area (Å²) >= 11 is -2.42. The van der Waals surface area contributed by atoms with Gasteiger partial charge in [-0.1, -0.05) is 18.2 Å². The van der Waals surface area contributed by atoms with Gasteiger partial charge in [0, 0.05) is 6.54 Å². The number of hydrazine groups is 1. The molecule has 0 aliphatic rings. The van der Waals surface area contributed by atoms with Gasteiger partial charge in [-0.25, -0.2) is 12.6 Å². The fourth-order valence-corrected chi connectivity index (χ4v) is 3.07. The Morgan fingerprint density at radius 2 is 1.94 bits per heavy atom. The maximum Gasteiger partial charge on any atom is 0.256 e. The lowest BCUT2D eigenvalue weighted by molar-refractivity contribution is 0.386. The molecule has 0 saturated carbocycles. The molecule has 0 spiro atoms. The van der Waals surface area contributed by atoms with Gasteiger partial charge in [-0.05, 0) is 19.1 Å². The van der Waals surface area contributed by atoms with Gasteiger partial charge in [-0.2, -0.15) is 0 Å². The summed E-state index contributed by atoms with van der Waals surface area (Å²) in [6.45, 7) is 1.60. The normalized spacial score (nSPS) is 13.9. The maximum absolute atomic E-state index is 11.9. The molecule has 1 aromatic carbocycles. The van der Waals surface area contributed by atoms with Gasteiger partial charge in [0.2, 0.25) is 11.3 Å². The van der Waals surface area contributed by atoms with E-state index in [2.05, 4.69) is 0 Å². The van der Waals surface area contributed by atoms with Crippen LogP contribution in [0.4, 0.5) is 0 Å². The number of hydrogen-bond donors (Lipinski definition) is 2. The van der Waals surface area contributed by atoms with Crippen molar-refractivity contribution >= 4 is 21.3 Å². The van der Waals surface area contributed by atoms with Crippen molar-refractivity contribution in [2.24, 2.45) is 0 Å². The summed E-state index contributed by atoms with van der Waals surface area (Å²) in [7, 11) is -3.78. The summed E-state index contributed by atoms with van der Waals surface area (Å²) in [5.41, 5.74) is 0. The molecule has 0 heterocycles. The Kier molecular flexibility index (Phi) is 4.56. The molecule has 0 aliphatic heterocycles. The molecule has 1 aromatic rings. The van der Waals surface area contributed by atoms with Gasteiger partial charge in [0.25, 0.3) is 10.0 Å². The SMILES string of the molecule is CCN(NS(=O)O)S(=O)(=O)c1ccccc1. The molecule has 1 unspecified atom stereocenters. The molecular weight excluding hydrogens is 252 g/mol. The third kappa shape index (κ3) is 3.09. The van der Waals surface area contributed by atoms with E-state index in [0.717, 1.165) is 4.41 Å². The number of benzene rings is 1. The van der Waals surface area contributed by atoms with Crippen molar-refractivity contribution in [1.29, 1.82) is 0 Å². The Balaban J connectivity index is 3.05. The number of nitrogens with one attached hydrogen (secondary N) is 1. The second-order valence-electron chi connectivity index (χ2n) is 2.82. The lowest BCUT2D eigenvalue weighted by Crippen LogP contribution is -2.43. The molecule has 2 N–H and O–H groups in total. The minimum atomic E-state index is -3.78. The molecule has 0 amide bonds. The number of hydrogen-bond acceptors (Lipinski definition) is 3. The summed E-state index contributed by atoms with van der Waals surface area (Å²) < 4.78 is 43.7. The quantitative estimate of drug-likeness (QED) is 0.593. The zero-order chi connectivity index (χ0) is 12.2. The minimum Gasteiger partial charge on any atom is -0.293 e. The highest BCUT2D eigenvalue weighted by Crippen LogP contribution is 2.12. The van der Waals surface area contributed by atoms with Crippen molar-refractivity contribution in [1.82, 2.24) is 9.25 Å². The average molecular weight is 264 g/mol. The van der Waals surface area contributed by atoms with Gasteiger partial charge < -0.3 is 0 Å². The van der Waals surface area contributed by atoms with Crippen molar-refractivity contribution in [3.05, 3.63) is 30.3 Å². The molecule has 0 bridgehead atoms. The first kappa shape index (κ1) is 13.3. The van der Waals surface area contributed by atoms with E-state index < -0.39 is 21.3 Å². The zero-order valence-electron chi connectivity index (χ0n) is 8.53. The summed E-state index contributed by atoms with van der Waals surface area (Å²) in [4.78, 5) is 2.01. The summed E-state index contributed by atoms with van der Waals surface area (Å²) in [5.74, 6) is 0. The second-order valence-corrected chi connectivity index (χ2v) is 5.37. The molecule has 0 fully saturated rings. The van der Waals surface area contributed by atoms with Crippen LogP contribution in [0.15, 0.2) is 35.2 Å². The molecule has 0 radical (unpaired) electrons. The van der Waals surface area contributed by atoms with Crippen LogP contribution in [-0.2, 0) is 21.3 Å². The van der Waals surface area contributed by atoms with Crippen molar-refractivity contribution < 1.29 is 17.2 Å². The molecule has 8 heteroatoms. The van der Waals surface area contributed by atoms with Gasteiger partial charge in [0.05, 0.1) is 4.90 Å². The van der Waals surface area contributed by atoms with Crippen LogP contribution < -0.4 is 4.83 Å². The smallest absolute Gasteiger partial charge is 0.256 e. The number of nitrogens with zero attached hydrogens (tertiary/aromatic N) is 1. The van der Waals surface area contributed by atoms with Crippen molar-refractivity contribution in [3.8, 4) is 0 Å². The third-order valence-electron chi connectivity index (χ3n) is 1.80. The second kappa shape index (κ2) is 5.51. The predicted octanol–water partition coefficient (Wildman–Crippen LogP) is 0.338. The fraction of sp³-hybridized carbons (Fsp3) is 0.250. The topological polar surface area (TPSA) is 86.7 Å². The van der Waals surface area contributed by atoms with E-state index in [1.807, 2.05) is 4.83 Å². The first-order chi connectivity index (χ1) is 7.48. The number of rotatable bonds is 5. The third-order valence-corrected chi connectivity index (χ3v) is 4.09. The fourth-order valence-electron chi connectivity index (χ4n) is 1.09. The Bertz CT molecular complexity index is 460. The standard InChI is InChI=1S/C8H12N2O4S2/c1-2-10(9-15(11)12)16(13,14)8-6-4-3-5-7-8/h3-7,9H,2H2,1H3,(H,11,12). The van der Waals surface area contributed by atoms with E-state index in [9.17, 15) is 12.6 Å². The Morgan fingerprint density at radius 3 is 2.38 bits per heavy atom. The van der Waals surface area contributed by atoms with Gasteiger partial charge in [-0.15, -0.1) is 9.25 Å². The van der Waals surface area contributed by atoms with E-state index in [4.69, 9.17) is 4.55 Å². The lowest BCUT2D eigenvalue weighted by atomic mass is 10.4. The summed E-state index contributed by atoms with van der Waals surface area (Å²) in [5, 5.41) is 0. The predicted molar refractivity (Wildman–Crippen MR) is 59.9 cm³/mol. The Morgan fingerprint density at radius 1 is 1.38 bits per heavy atom. The van der Waals surface area contributed by atoms with Crippen LogP contribution in [0.1, 0.15) is 6.92 Å². The minimum absolute atomic E-state index is 0.0452. The van der Waals surface area contributed by atoms with Crippen LogP contribution in [0.2, 0.25) is 0 Å². The molecule has 0 aromatic heterocycles. The van der Waals surface area contributed by atoms with Gasteiger partial charge in [0.1, 0.15) is 0 Å². The van der Waals surface area contributed by atoms with Crippen LogP contribution in [0.25, 0.3) is 0 Å². The van der Waals surface area contributed by atoms with Crippen LogP contribution >= 0.6 is 0 Å². The number of sulfonamides is 1. The molecular formula is C8H12N2O4S2. The molecule has 1 rings (SSSR count). The van der Waals surface area contributed by atoms with E-state index in [-0.39, 0.29) is 11.4 Å². The molecule has 1 atom stereocenters. The summed E-state index contributed by atoms with van der Waals surface area (Å²) in [6, 6.07) is 7.68. The highest BCUT2D eigenvalue weighted by Gasteiger charge is 2.23. The molecule has 6 nitrogen and oxygen atoms in total. The molecule has 16 heavy (non-hydrogen) atoms. The lowest BCUT2D eigenvalue weighted by Gasteiger charge is -2.18.